The minimum Gasteiger partial charge on any atom is -0.312 e. The van der Waals surface area contributed by atoms with Gasteiger partial charge in [0.2, 0.25) is 0 Å². The van der Waals surface area contributed by atoms with E-state index in [9.17, 15) is 4.39 Å². The Morgan fingerprint density at radius 1 is 1.32 bits per heavy atom. The van der Waals surface area contributed by atoms with Crippen LogP contribution in [0.2, 0.25) is 0 Å². The summed E-state index contributed by atoms with van der Waals surface area (Å²) in [5.74, 6) is 0.681. The van der Waals surface area contributed by atoms with Crippen LogP contribution in [0.5, 0.6) is 0 Å². The van der Waals surface area contributed by atoms with Crippen LogP contribution in [0.4, 0.5) is 4.39 Å². The van der Waals surface area contributed by atoms with E-state index < -0.39 is 0 Å². The summed E-state index contributed by atoms with van der Waals surface area (Å²) < 4.78 is 13.2. The fourth-order valence-electron chi connectivity index (χ4n) is 2.74. The lowest BCUT2D eigenvalue weighted by Gasteiger charge is -2.31. The molecule has 0 spiro atoms. The molecule has 1 fully saturated rings. The number of benzene rings is 1. The highest BCUT2D eigenvalue weighted by molar-refractivity contribution is 5.23. The van der Waals surface area contributed by atoms with E-state index in [1.165, 1.54) is 38.0 Å². The van der Waals surface area contributed by atoms with Gasteiger partial charge in [-0.3, -0.25) is 0 Å². The molecule has 2 rings (SSSR count). The van der Waals surface area contributed by atoms with Crippen LogP contribution in [0.3, 0.4) is 0 Å². The van der Waals surface area contributed by atoms with Gasteiger partial charge in [0, 0.05) is 6.54 Å². The number of nitrogens with zero attached hydrogens (tertiary/aromatic N) is 1. The molecule has 3 heteroatoms. The predicted molar refractivity (Wildman–Crippen MR) is 77.7 cm³/mol. The van der Waals surface area contributed by atoms with Crippen molar-refractivity contribution in [1.82, 2.24) is 10.2 Å². The van der Waals surface area contributed by atoms with Crippen LogP contribution in [0.15, 0.2) is 18.2 Å². The highest BCUT2D eigenvalue weighted by Gasteiger charge is 2.17. The molecule has 0 bridgehead atoms. The number of rotatable bonds is 5. The molecule has 0 aromatic heterocycles. The molecule has 0 radical (unpaired) electrons. The van der Waals surface area contributed by atoms with Gasteiger partial charge in [-0.2, -0.15) is 0 Å². The SMILES string of the molecule is CCN1CCC(CNCc2ccc(F)c(C)c2)CC1. The second kappa shape index (κ2) is 7.01. The quantitative estimate of drug-likeness (QED) is 0.879. The third-order valence-electron chi connectivity index (χ3n) is 4.14. The number of nitrogens with one attached hydrogen (secondary N) is 1. The Labute approximate surface area is 116 Å². The average molecular weight is 264 g/mol. The zero-order valence-electron chi connectivity index (χ0n) is 12.1. The van der Waals surface area contributed by atoms with Gasteiger partial charge in [0.05, 0.1) is 0 Å². The Kier molecular flexibility index (Phi) is 5.34. The van der Waals surface area contributed by atoms with Crippen molar-refractivity contribution in [2.75, 3.05) is 26.2 Å². The number of aryl methyl sites for hydroxylation is 1. The first-order chi connectivity index (χ1) is 9.19. The van der Waals surface area contributed by atoms with Crippen LogP contribution >= 0.6 is 0 Å². The average Bonchev–Trinajstić information content (AvgIpc) is 2.43. The molecule has 1 heterocycles. The van der Waals surface area contributed by atoms with Crippen LogP contribution in [-0.2, 0) is 6.54 Å². The standard InChI is InChI=1S/C16H25FN2/c1-3-19-8-6-14(7-9-19)11-18-12-15-4-5-16(17)13(2)10-15/h4-5,10,14,18H,3,6-9,11-12H2,1-2H3. The van der Waals surface area contributed by atoms with Crippen molar-refractivity contribution in [2.24, 2.45) is 5.92 Å². The Hall–Kier alpha value is -0.930. The maximum absolute atomic E-state index is 13.2. The fourth-order valence-corrected chi connectivity index (χ4v) is 2.74. The number of piperidine rings is 1. The highest BCUT2D eigenvalue weighted by atomic mass is 19.1. The maximum atomic E-state index is 13.2. The van der Waals surface area contributed by atoms with E-state index in [-0.39, 0.29) is 5.82 Å². The highest BCUT2D eigenvalue weighted by Crippen LogP contribution is 2.16. The summed E-state index contributed by atoms with van der Waals surface area (Å²) in [4.78, 5) is 2.51. The zero-order valence-corrected chi connectivity index (χ0v) is 12.1. The number of likely N-dealkylation sites (tertiary alicyclic amines) is 1. The van der Waals surface area contributed by atoms with Gasteiger partial charge >= 0.3 is 0 Å². The Balaban J connectivity index is 1.70. The minimum atomic E-state index is -0.115. The molecular weight excluding hydrogens is 239 g/mol. The van der Waals surface area contributed by atoms with Crippen LogP contribution in [0.1, 0.15) is 30.9 Å². The van der Waals surface area contributed by atoms with E-state index in [1.54, 1.807) is 6.07 Å². The van der Waals surface area contributed by atoms with Crippen LogP contribution in [-0.4, -0.2) is 31.1 Å². The molecule has 1 aliphatic rings. The molecular formula is C16H25FN2. The van der Waals surface area contributed by atoms with Gasteiger partial charge in [-0.05, 0) is 69.1 Å². The van der Waals surface area contributed by atoms with Gasteiger partial charge in [-0.1, -0.05) is 19.1 Å². The molecule has 0 amide bonds. The first kappa shape index (κ1) is 14.5. The van der Waals surface area contributed by atoms with Crippen LogP contribution in [0, 0.1) is 18.7 Å². The predicted octanol–water partition coefficient (Wildman–Crippen LogP) is 2.96. The molecule has 0 aliphatic carbocycles. The molecule has 0 saturated carbocycles. The van der Waals surface area contributed by atoms with Crippen molar-refractivity contribution in [3.63, 3.8) is 0 Å². The van der Waals surface area contributed by atoms with E-state index in [2.05, 4.69) is 17.1 Å². The molecule has 1 aromatic rings. The van der Waals surface area contributed by atoms with Gasteiger partial charge in [-0.25, -0.2) is 4.39 Å². The second-order valence-corrected chi connectivity index (χ2v) is 5.59. The minimum absolute atomic E-state index is 0.115. The number of hydrogen-bond acceptors (Lipinski definition) is 2. The summed E-state index contributed by atoms with van der Waals surface area (Å²) in [5, 5.41) is 3.51. The number of halogens is 1. The Bertz CT molecular complexity index is 398. The smallest absolute Gasteiger partial charge is 0.126 e. The summed E-state index contributed by atoms with van der Waals surface area (Å²) in [5.41, 5.74) is 1.90. The third-order valence-corrected chi connectivity index (χ3v) is 4.14. The third kappa shape index (κ3) is 4.29. The molecule has 106 valence electrons. The zero-order chi connectivity index (χ0) is 13.7. The van der Waals surface area contributed by atoms with Crippen molar-refractivity contribution in [3.05, 3.63) is 35.1 Å². The van der Waals surface area contributed by atoms with Gasteiger partial charge in [0.15, 0.2) is 0 Å². The molecule has 1 saturated heterocycles. The largest absolute Gasteiger partial charge is 0.312 e. The lowest BCUT2D eigenvalue weighted by molar-refractivity contribution is 0.190. The molecule has 1 N–H and O–H groups in total. The Morgan fingerprint density at radius 3 is 2.68 bits per heavy atom. The van der Waals surface area contributed by atoms with Crippen molar-refractivity contribution in [1.29, 1.82) is 0 Å². The fraction of sp³-hybridized carbons (Fsp3) is 0.625. The summed E-state index contributed by atoms with van der Waals surface area (Å²) in [6.07, 6.45) is 2.59. The van der Waals surface area contributed by atoms with Crippen molar-refractivity contribution < 1.29 is 4.39 Å². The van der Waals surface area contributed by atoms with Crippen LogP contribution < -0.4 is 5.32 Å². The summed E-state index contributed by atoms with van der Waals surface area (Å²) in [7, 11) is 0. The number of hydrogen-bond donors (Lipinski definition) is 1. The lowest BCUT2D eigenvalue weighted by Crippen LogP contribution is -2.36. The normalized spacial score (nSPS) is 17.8. The molecule has 0 atom stereocenters. The van der Waals surface area contributed by atoms with Crippen molar-refractivity contribution in [3.8, 4) is 0 Å². The van der Waals surface area contributed by atoms with Crippen LogP contribution in [0.25, 0.3) is 0 Å². The first-order valence-corrected chi connectivity index (χ1v) is 7.37. The summed E-state index contributed by atoms with van der Waals surface area (Å²) >= 11 is 0. The molecule has 19 heavy (non-hydrogen) atoms. The molecule has 1 aliphatic heterocycles. The topological polar surface area (TPSA) is 15.3 Å². The van der Waals surface area contributed by atoms with E-state index in [4.69, 9.17) is 0 Å². The monoisotopic (exact) mass is 264 g/mol. The second-order valence-electron chi connectivity index (χ2n) is 5.59. The van der Waals surface area contributed by atoms with Gasteiger partial charge in [-0.15, -0.1) is 0 Å². The van der Waals surface area contributed by atoms with E-state index in [0.29, 0.717) is 0 Å². The van der Waals surface area contributed by atoms with Crippen molar-refractivity contribution in [2.45, 2.75) is 33.2 Å². The first-order valence-electron chi connectivity index (χ1n) is 7.37. The van der Waals surface area contributed by atoms with E-state index >= 15 is 0 Å². The lowest BCUT2D eigenvalue weighted by atomic mass is 9.97. The van der Waals surface area contributed by atoms with Gasteiger partial charge in [0.25, 0.3) is 0 Å². The van der Waals surface area contributed by atoms with E-state index in [0.717, 1.165) is 24.6 Å². The Morgan fingerprint density at radius 2 is 2.05 bits per heavy atom. The summed E-state index contributed by atoms with van der Waals surface area (Å²) in [6, 6.07) is 5.36. The summed E-state index contributed by atoms with van der Waals surface area (Å²) in [6.45, 7) is 9.61. The van der Waals surface area contributed by atoms with Gasteiger partial charge < -0.3 is 10.2 Å². The maximum Gasteiger partial charge on any atom is 0.126 e. The van der Waals surface area contributed by atoms with Gasteiger partial charge in [0.1, 0.15) is 5.82 Å². The van der Waals surface area contributed by atoms with E-state index in [1.807, 2.05) is 19.1 Å². The van der Waals surface area contributed by atoms with Crippen molar-refractivity contribution >= 4 is 0 Å². The molecule has 2 nitrogen and oxygen atoms in total. The molecule has 0 unspecified atom stereocenters. The molecule has 1 aromatic carbocycles.